The van der Waals surface area contributed by atoms with E-state index in [2.05, 4.69) is 4.98 Å². The van der Waals surface area contributed by atoms with Crippen molar-refractivity contribution in [3.05, 3.63) is 71.5 Å². The van der Waals surface area contributed by atoms with E-state index in [1.54, 1.807) is 36.9 Å². The number of hydrogen-bond acceptors (Lipinski definition) is 6. The molecule has 3 aromatic rings. The van der Waals surface area contributed by atoms with E-state index in [0.29, 0.717) is 11.3 Å². The summed E-state index contributed by atoms with van der Waals surface area (Å²) >= 11 is 0. The summed E-state index contributed by atoms with van der Waals surface area (Å²) in [6.45, 7) is 4.53. The summed E-state index contributed by atoms with van der Waals surface area (Å²) in [6, 6.07) is 15.7. The molecule has 1 saturated heterocycles. The van der Waals surface area contributed by atoms with Gasteiger partial charge in [-0.05, 0) is 48.9 Å². The highest BCUT2D eigenvalue weighted by atomic mass is 32.2. The molecule has 8 nitrogen and oxygen atoms in total. The van der Waals surface area contributed by atoms with Gasteiger partial charge < -0.3 is 9.64 Å². The van der Waals surface area contributed by atoms with Gasteiger partial charge in [0.1, 0.15) is 5.69 Å². The maximum absolute atomic E-state index is 13.1. The molecule has 0 saturated carbocycles. The number of esters is 1. The lowest BCUT2D eigenvalue weighted by Crippen LogP contribution is -2.50. The molecule has 1 aromatic heterocycles. The molecule has 9 heteroatoms. The fourth-order valence-electron chi connectivity index (χ4n) is 3.88. The van der Waals surface area contributed by atoms with Crippen molar-refractivity contribution in [2.45, 2.75) is 18.7 Å². The zero-order chi connectivity index (χ0) is 23.6. The predicted molar refractivity (Wildman–Crippen MR) is 124 cm³/mol. The summed E-state index contributed by atoms with van der Waals surface area (Å²) in [5.41, 5.74) is 0.947. The Hall–Kier alpha value is -3.30. The first-order chi connectivity index (χ1) is 15.8. The molecule has 1 fully saturated rings. The van der Waals surface area contributed by atoms with Crippen molar-refractivity contribution in [2.24, 2.45) is 0 Å². The summed E-state index contributed by atoms with van der Waals surface area (Å²) in [5, 5.41) is 1.84. The lowest BCUT2D eigenvalue weighted by atomic mass is 10.1. The molecule has 0 unspecified atom stereocenters. The Morgan fingerprint density at radius 3 is 2.33 bits per heavy atom. The standard InChI is InChI=1S/C24H25N3O5S/c1-3-32-24(29)21-10-11-22(25-17(21)2)23(28)26-12-14-27(15-13-26)33(30,31)20-9-8-18-6-4-5-7-19(18)16-20/h4-11,16H,3,12-15H2,1-2H3. The zero-order valence-electron chi connectivity index (χ0n) is 18.5. The summed E-state index contributed by atoms with van der Waals surface area (Å²) < 4.78 is 32.7. The van der Waals surface area contributed by atoms with Gasteiger partial charge in [0.2, 0.25) is 10.0 Å². The number of fused-ring (bicyclic) bond motifs is 1. The monoisotopic (exact) mass is 467 g/mol. The van der Waals surface area contributed by atoms with Crippen LogP contribution in [-0.4, -0.2) is 67.3 Å². The summed E-state index contributed by atoms with van der Waals surface area (Å²) in [4.78, 5) is 31.0. The van der Waals surface area contributed by atoms with Crippen molar-refractivity contribution in [3.63, 3.8) is 0 Å². The highest BCUT2D eigenvalue weighted by Gasteiger charge is 2.31. The Labute approximate surface area is 192 Å². The number of rotatable bonds is 5. The number of pyridine rings is 1. The van der Waals surface area contributed by atoms with Crippen LogP contribution in [0.15, 0.2) is 59.5 Å². The van der Waals surface area contributed by atoms with Crippen molar-refractivity contribution < 1.29 is 22.7 Å². The largest absolute Gasteiger partial charge is 0.462 e. The van der Waals surface area contributed by atoms with E-state index in [-0.39, 0.29) is 49.3 Å². The first kappa shape index (κ1) is 22.9. The molecule has 0 radical (unpaired) electrons. The maximum atomic E-state index is 13.1. The van der Waals surface area contributed by atoms with Crippen LogP contribution in [0.3, 0.4) is 0 Å². The number of nitrogens with zero attached hydrogens (tertiary/aromatic N) is 3. The number of aromatic nitrogens is 1. The number of piperazine rings is 1. The van der Waals surface area contributed by atoms with Crippen LogP contribution in [0.4, 0.5) is 0 Å². The number of carbonyl (C=O) groups is 2. The van der Waals surface area contributed by atoms with Crippen LogP contribution in [-0.2, 0) is 14.8 Å². The topological polar surface area (TPSA) is 96.9 Å². The Balaban J connectivity index is 1.45. The quantitative estimate of drug-likeness (QED) is 0.536. The average molecular weight is 468 g/mol. The molecule has 1 amide bonds. The molecule has 2 aromatic carbocycles. The lowest BCUT2D eigenvalue weighted by molar-refractivity contribution is 0.0523. The van der Waals surface area contributed by atoms with Crippen molar-refractivity contribution >= 4 is 32.7 Å². The number of carbonyl (C=O) groups excluding carboxylic acids is 2. The highest BCUT2D eigenvalue weighted by molar-refractivity contribution is 7.89. The molecule has 0 aliphatic carbocycles. The summed E-state index contributed by atoms with van der Waals surface area (Å²) in [6.07, 6.45) is 0. The van der Waals surface area contributed by atoms with E-state index in [0.717, 1.165) is 10.8 Å². The van der Waals surface area contributed by atoms with Crippen LogP contribution in [0.2, 0.25) is 0 Å². The third-order valence-electron chi connectivity index (χ3n) is 5.68. The minimum absolute atomic E-state index is 0.195. The highest BCUT2D eigenvalue weighted by Crippen LogP contribution is 2.23. The minimum Gasteiger partial charge on any atom is -0.462 e. The Kier molecular flexibility index (Phi) is 6.44. The summed E-state index contributed by atoms with van der Waals surface area (Å²) in [5.74, 6) is -0.773. The van der Waals surface area contributed by atoms with Crippen LogP contribution in [0.1, 0.15) is 33.5 Å². The Bertz CT molecular complexity index is 1310. The molecular formula is C24H25N3O5S. The van der Waals surface area contributed by atoms with Gasteiger partial charge >= 0.3 is 5.97 Å². The average Bonchev–Trinajstić information content (AvgIpc) is 2.83. The van der Waals surface area contributed by atoms with Crippen LogP contribution in [0.5, 0.6) is 0 Å². The van der Waals surface area contributed by atoms with Crippen molar-refractivity contribution in [2.75, 3.05) is 32.8 Å². The maximum Gasteiger partial charge on any atom is 0.339 e. The Morgan fingerprint density at radius 1 is 0.970 bits per heavy atom. The van der Waals surface area contributed by atoms with Gasteiger partial charge in [0, 0.05) is 26.2 Å². The number of amides is 1. The first-order valence-corrected chi connectivity index (χ1v) is 12.2. The number of aryl methyl sites for hydroxylation is 1. The predicted octanol–water partition coefficient (Wildman–Crippen LogP) is 2.87. The zero-order valence-corrected chi connectivity index (χ0v) is 19.3. The van der Waals surface area contributed by atoms with Gasteiger partial charge in [-0.2, -0.15) is 4.31 Å². The van der Waals surface area contributed by atoms with Crippen LogP contribution >= 0.6 is 0 Å². The van der Waals surface area contributed by atoms with Crippen molar-refractivity contribution in [1.82, 2.24) is 14.2 Å². The molecule has 0 spiro atoms. The van der Waals surface area contributed by atoms with E-state index in [1.807, 2.05) is 24.3 Å². The Morgan fingerprint density at radius 2 is 1.67 bits per heavy atom. The number of benzene rings is 2. The third kappa shape index (κ3) is 4.60. The van der Waals surface area contributed by atoms with Crippen LogP contribution < -0.4 is 0 Å². The summed E-state index contributed by atoms with van der Waals surface area (Å²) in [7, 11) is -3.67. The third-order valence-corrected chi connectivity index (χ3v) is 7.58. The van der Waals surface area contributed by atoms with Crippen molar-refractivity contribution in [3.8, 4) is 0 Å². The van der Waals surface area contributed by atoms with Gasteiger partial charge in [-0.1, -0.05) is 30.3 Å². The number of hydrogen-bond donors (Lipinski definition) is 0. The second-order valence-electron chi connectivity index (χ2n) is 7.76. The smallest absolute Gasteiger partial charge is 0.339 e. The minimum atomic E-state index is -3.67. The van der Waals surface area contributed by atoms with Gasteiger partial charge in [0.05, 0.1) is 22.8 Å². The molecule has 2 heterocycles. The van der Waals surface area contributed by atoms with E-state index in [9.17, 15) is 18.0 Å². The number of ether oxygens (including phenoxy) is 1. The molecule has 0 bridgehead atoms. The molecule has 0 N–H and O–H groups in total. The second kappa shape index (κ2) is 9.29. The second-order valence-corrected chi connectivity index (χ2v) is 9.69. The van der Waals surface area contributed by atoms with Gasteiger partial charge in [0.25, 0.3) is 5.91 Å². The van der Waals surface area contributed by atoms with E-state index < -0.39 is 16.0 Å². The van der Waals surface area contributed by atoms with Gasteiger partial charge in [-0.25, -0.2) is 18.2 Å². The molecule has 33 heavy (non-hydrogen) atoms. The van der Waals surface area contributed by atoms with Crippen LogP contribution in [0, 0.1) is 6.92 Å². The fraction of sp³-hybridized carbons (Fsp3) is 0.292. The van der Waals surface area contributed by atoms with Gasteiger partial charge in [0.15, 0.2) is 0 Å². The molecule has 1 aliphatic heterocycles. The van der Waals surface area contributed by atoms with E-state index in [1.165, 1.54) is 16.4 Å². The van der Waals surface area contributed by atoms with E-state index >= 15 is 0 Å². The SMILES string of the molecule is CCOC(=O)c1ccc(C(=O)N2CCN(S(=O)(=O)c3ccc4ccccc4c3)CC2)nc1C. The van der Waals surface area contributed by atoms with E-state index in [4.69, 9.17) is 4.74 Å². The van der Waals surface area contributed by atoms with Gasteiger partial charge in [-0.15, -0.1) is 0 Å². The molecule has 1 aliphatic rings. The molecular weight excluding hydrogens is 442 g/mol. The van der Waals surface area contributed by atoms with Gasteiger partial charge in [-0.3, -0.25) is 4.79 Å². The molecule has 0 atom stereocenters. The first-order valence-electron chi connectivity index (χ1n) is 10.7. The lowest BCUT2D eigenvalue weighted by Gasteiger charge is -2.34. The normalized spacial score (nSPS) is 14.9. The number of sulfonamides is 1. The molecule has 4 rings (SSSR count). The van der Waals surface area contributed by atoms with Crippen LogP contribution in [0.25, 0.3) is 10.8 Å². The fourth-order valence-corrected chi connectivity index (χ4v) is 5.33. The molecule has 172 valence electrons. The van der Waals surface area contributed by atoms with Crippen molar-refractivity contribution in [1.29, 1.82) is 0 Å².